The third-order valence-corrected chi connectivity index (χ3v) is 4.36. The van der Waals surface area contributed by atoms with Gasteiger partial charge in [-0.05, 0) is 36.8 Å². The molecule has 1 nitrogen and oxygen atoms in total. The first-order valence-corrected chi connectivity index (χ1v) is 8.49. The van der Waals surface area contributed by atoms with Crippen molar-refractivity contribution in [2.75, 3.05) is 0 Å². The minimum absolute atomic E-state index is 0.516. The molecule has 1 rings (SSSR count). The molecule has 1 aromatic carbocycles. The van der Waals surface area contributed by atoms with Gasteiger partial charge in [0.2, 0.25) is 0 Å². The normalized spacial score (nSPS) is 12.6. The summed E-state index contributed by atoms with van der Waals surface area (Å²) in [6.45, 7) is 6.48. The van der Waals surface area contributed by atoms with Crippen LogP contribution in [0.15, 0.2) is 18.2 Å². The van der Waals surface area contributed by atoms with Gasteiger partial charge in [0, 0.05) is 0 Å². The predicted molar refractivity (Wildman–Crippen MR) is 88.5 cm³/mol. The Labute approximate surface area is 125 Å². The molecular weight excluding hydrogens is 244 g/mol. The molecule has 0 aliphatic rings. The molecule has 1 aromatic rings. The third-order valence-electron chi connectivity index (χ3n) is 4.36. The molecule has 0 spiro atoms. The first-order chi connectivity index (χ1) is 9.70. The second kappa shape index (κ2) is 9.85. The van der Waals surface area contributed by atoms with Crippen LogP contribution < -0.4 is 0 Å². The summed E-state index contributed by atoms with van der Waals surface area (Å²) in [5.41, 5.74) is 2.15. The van der Waals surface area contributed by atoms with E-state index in [4.69, 9.17) is 0 Å². The number of hydrogen-bond donors (Lipinski definition) is 1. The zero-order valence-corrected chi connectivity index (χ0v) is 13.6. The van der Waals surface area contributed by atoms with E-state index in [9.17, 15) is 5.11 Å². The first kappa shape index (κ1) is 17.1. The van der Waals surface area contributed by atoms with Crippen molar-refractivity contribution in [1.29, 1.82) is 0 Å². The van der Waals surface area contributed by atoms with Gasteiger partial charge in [0.1, 0.15) is 5.75 Å². The quantitative estimate of drug-likeness (QED) is 0.495. The Kier molecular flexibility index (Phi) is 8.41. The molecule has 1 N–H and O–H groups in total. The number of unbranched alkanes of at least 4 members (excludes halogenated alkanes) is 6. The Bertz CT molecular complexity index is 370. The van der Waals surface area contributed by atoms with E-state index < -0.39 is 0 Å². The molecule has 1 heteroatoms. The Balaban J connectivity index is 2.34. The summed E-state index contributed by atoms with van der Waals surface area (Å²) >= 11 is 0. The maximum atomic E-state index is 10.2. The Morgan fingerprint density at radius 1 is 0.950 bits per heavy atom. The van der Waals surface area contributed by atoms with Gasteiger partial charge in [-0.3, -0.25) is 0 Å². The van der Waals surface area contributed by atoms with E-state index in [1.165, 1.54) is 51.4 Å². The van der Waals surface area contributed by atoms with Crippen molar-refractivity contribution in [2.24, 2.45) is 0 Å². The van der Waals surface area contributed by atoms with Crippen LogP contribution in [0.5, 0.6) is 5.75 Å². The highest BCUT2D eigenvalue weighted by Crippen LogP contribution is 2.34. The molecule has 114 valence electrons. The molecule has 0 bridgehead atoms. The van der Waals surface area contributed by atoms with Crippen LogP contribution in [0.4, 0.5) is 0 Å². The number of phenolic OH excluding ortho intramolecular Hbond substituents is 1. The fourth-order valence-electron chi connectivity index (χ4n) is 2.94. The fraction of sp³-hybridized carbons (Fsp3) is 0.684. The second-order valence-corrected chi connectivity index (χ2v) is 6.03. The molecule has 20 heavy (non-hydrogen) atoms. The van der Waals surface area contributed by atoms with Crippen LogP contribution in [0, 0.1) is 6.92 Å². The highest BCUT2D eigenvalue weighted by Gasteiger charge is 2.14. The van der Waals surface area contributed by atoms with Crippen molar-refractivity contribution >= 4 is 0 Å². The van der Waals surface area contributed by atoms with Crippen LogP contribution in [0.2, 0.25) is 0 Å². The van der Waals surface area contributed by atoms with Crippen molar-refractivity contribution in [1.82, 2.24) is 0 Å². The summed E-state index contributed by atoms with van der Waals surface area (Å²) in [4.78, 5) is 0. The standard InChI is InChI=1S/C19H32O/c1-4-6-7-8-9-10-11-14-17(5-2)18-15-12-13-16(3)19(18)20/h12-13,15,17,20H,4-11,14H2,1-3H3. The van der Waals surface area contributed by atoms with Gasteiger partial charge in [0.25, 0.3) is 0 Å². The molecule has 0 aromatic heterocycles. The van der Waals surface area contributed by atoms with Gasteiger partial charge < -0.3 is 5.11 Å². The minimum atomic E-state index is 0.516. The highest BCUT2D eigenvalue weighted by atomic mass is 16.3. The van der Waals surface area contributed by atoms with E-state index in [-0.39, 0.29) is 0 Å². The molecule has 1 unspecified atom stereocenters. The third kappa shape index (κ3) is 5.56. The van der Waals surface area contributed by atoms with Crippen LogP contribution in [0.25, 0.3) is 0 Å². The predicted octanol–water partition coefficient (Wildman–Crippen LogP) is 6.33. The molecule has 0 saturated heterocycles. The summed E-state index contributed by atoms with van der Waals surface area (Å²) in [6.07, 6.45) is 11.8. The Morgan fingerprint density at radius 3 is 2.25 bits per heavy atom. The Hall–Kier alpha value is -0.980. The topological polar surface area (TPSA) is 20.2 Å². The van der Waals surface area contributed by atoms with Gasteiger partial charge in [0.05, 0.1) is 0 Å². The van der Waals surface area contributed by atoms with Gasteiger partial charge in [-0.2, -0.15) is 0 Å². The molecule has 1 atom stereocenters. The molecule has 0 aliphatic carbocycles. The number of rotatable bonds is 10. The minimum Gasteiger partial charge on any atom is -0.507 e. The van der Waals surface area contributed by atoms with Crippen LogP contribution in [-0.2, 0) is 0 Å². The largest absolute Gasteiger partial charge is 0.507 e. The van der Waals surface area contributed by atoms with Crippen molar-refractivity contribution in [3.63, 3.8) is 0 Å². The van der Waals surface area contributed by atoms with Crippen LogP contribution >= 0.6 is 0 Å². The van der Waals surface area contributed by atoms with Crippen LogP contribution in [-0.4, -0.2) is 5.11 Å². The van der Waals surface area contributed by atoms with E-state index in [1.54, 1.807) is 0 Å². The SMILES string of the molecule is CCCCCCCCCC(CC)c1cccc(C)c1O. The average Bonchev–Trinajstić information content (AvgIpc) is 2.46. The van der Waals surface area contributed by atoms with Crippen molar-refractivity contribution in [2.45, 2.75) is 84.5 Å². The van der Waals surface area contributed by atoms with Crippen LogP contribution in [0.1, 0.15) is 88.7 Å². The molecule has 0 fully saturated rings. The number of para-hydroxylation sites is 1. The van der Waals surface area contributed by atoms with Crippen molar-refractivity contribution in [3.05, 3.63) is 29.3 Å². The lowest BCUT2D eigenvalue weighted by molar-refractivity contribution is 0.446. The number of aryl methyl sites for hydroxylation is 1. The smallest absolute Gasteiger partial charge is 0.121 e. The summed E-state index contributed by atoms with van der Waals surface area (Å²) in [5, 5.41) is 10.2. The molecule has 0 amide bonds. The van der Waals surface area contributed by atoms with Gasteiger partial charge in [-0.15, -0.1) is 0 Å². The summed E-state index contributed by atoms with van der Waals surface area (Å²) < 4.78 is 0. The van der Waals surface area contributed by atoms with Crippen molar-refractivity contribution in [3.8, 4) is 5.75 Å². The molecule has 0 saturated carbocycles. The van der Waals surface area contributed by atoms with E-state index in [2.05, 4.69) is 26.0 Å². The highest BCUT2D eigenvalue weighted by molar-refractivity contribution is 5.41. The van der Waals surface area contributed by atoms with Gasteiger partial charge in [-0.25, -0.2) is 0 Å². The van der Waals surface area contributed by atoms with E-state index in [1.807, 2.05) is 13.0 Å². The molecule has 0 heterocycles. The zero-order valence-electron chi connectivity index (χ0n) is 13.6. The number of aromatic hydroxyl groups is 1. The fourth-order valence-corrected chi connectivity index (χ4v) is 2.94. The second-order valence-electron chi connectivity index (χ2n) is 6.03. The Morgan fingerprint density at radius 2 is 1.60 bits per heavy atom. The average molecular weight is 276 g/mol. The van der Waals surface area contributed by atoms with Gasteiger partial charge in [0.15, 0.2) is 0 Å². The van der Waals surface area contributed by atoms with Gasteiger partial charge in [-0.1, -0.05) is 77.0 Å². The summed E-state index contributed by atoms with van der Waals surface area (Å²) in [7, 11) is 0. The molecule has 0 radical (unpaired) electrons. The van der Waals surface area contributed by atoms with E-state index in [0.29, 0.717) is 11.7 Å². The van der Waals surface area contributed by atoms with E-state index >= 15 is 0 Å². The summed E-state index contributed by atoms with van der Waals surface area (Å²) in [5.74, 6) is 1.04. The van der Waals surface area contributed by atoms with E-state index in [0.717, 1.165) is 17.5 Å². The molecular formula is C19H32O. The summed E-state index contributed by atoms with van der Waals surface area (Å²) in [6, 6.07) is 6.15. The zero-order chi connectivity index (χ0) is 14.8. The lowest BCUT2D eigenvalue weighted by Gasteiger charge is -2.17. The first-order valence-electron chi connectivity index (χ1n) is 8.49. The lowest BCUT2D eigenvalue weighted by Crippen LogP contribution is -1.99. The number of benzene rings is 1. The maximum Gasteiger partial charge on any atom is 0.121 e. The lowest BCUT2D eigenvalue weighted by atomic mass is 9.89. The van der Waals surface area contributed by atoms with Crippen molar-refractivity contribution < 1.29 is 5.11 Å². The molecule has 0 aliphatic heterocycles. The van der Waals surface area contributed by atoms with Crippen LogP contribution in [0.3, 0.4) is 0 Å². The monoisotopic (exact) mass is 276 g/mol. The maximum absolute atomic E-state index is 10.2. The number of phenols is 1. The van der Waals surface area contributed by atoms with Gasteiger partial charge >= 0.3 is 0 Å². The number of hydrogen-bond acceptors (Lipinski definition) is 1.